The molecule has 5 nitrogen and oxygen atoms in total. The molecule has 1 amide bonds. The molecule has 5 rings (SSSR count). The van der Waals surface area contributed by atoms with E-state index >= 15 is 0 Å². The van der Waals surface area contributed by atoms with E-state index in [1.165, 1.54) is 0 Å². The normalized spacial score (nSPS) is 16.9. The third-order valence-corrected chi connectivity index (χ3v) is 6.40. The van der Waals surface area contributed by atoms with Crippen molar-refractivity contribution in [2.75, 3.05) is 17.1 Å². The molecule has 0 spiro atoms. The first-order valence-corrected chi connectivity index (χ1v) is 11.3. The zero-order valence-electron chi connectivity index (χ0n) is 19.0. The highest BCUT2D eigenvalue weighted by molar-refractivity contribution is 6.09. The van der Waals surface area contributed by atoms with Crippen molar-refractivity contribution < 1.29 is 14.7 Å². The van der Waals surface area contributed by atoms with Gasteiger partial charge in [-0.25, -0.2) is 5.06 Å². The van der Waals surface area contributed by atoms with Crippen LogP contribution in [0.15, 0.2) is 109 Å². The number of hydrogen-bond acceptors (Lipinski definition) is 4. The highest BCUT2D eigenvalue weighted by Crippen LogP contribution is 2.47. The van der Waals surface area contributed by atoms with Gasteiger partial charge in [0.2, 0.25) is 0 Å². The molecule has 0 unspecified atom stereocenters. The van der Waals surface area contributed by atoms with Gasteiger partial charge in [-0.05, 0) is 41.5 Å². The zero-order chi connectivity index (χ0) is 23.5. The standard InChI is InChI=1S/C29H26N2O3/c1-34-25-18-16-22(17-19-25)20-29(31(33)24-12-6-3-7-13-24)26-14-8-9-15-27(26)30(28(29)32)21-23-10-4-2-5-11-23/h2-19,33H,20-21H2,1H3/t29-/m1/s1. The zero-order valence-corrected chi connectivity index (χ0v) is 19.0. The van der Waals surface area contributed by atoms with Gasteiger partial charge >= 0.3 is 0 Å². The lowest BCUT2D eigenvalue weighted by atomic mass is 9.84. The van der Waals surface area contributed by atoms with Crippen LogP contribution < -0.4 is 14.7 Å². The van der Waals surface area contributed by atoms with Crippen LogP contribution in [0.1, 0.15) is 16.7 Å². The molecule has 4 aromatic rings. The maximum absolute atomic E-state index is 14.3. The Morgan fingerprint density at radius 3 is 2.09 bits per heavy atom. The number of anilines is 2. The quantitative estimate of drug-likeness (QED) is 0.374. The number of benzene rings is 4. The molecular weight excluding hydrogens is 424 g/mol. The Hall–Kier alpha value is -4.09. The summed E-state index contributed by atoms with van der Waals surface area (Å²) in [7, 11) is 1.62. The van der Waals surface area contributed by atoms with Gasteiger partial charge in [-0.1, -0.05) is 78.9 Å². The highest BCUT2D eigenvalue weighted by atomic mass is 16.5. The van der Waals surface area contributed by atoms with E-state index in [1.54, 1.807) is 12.0 Å². The van der Waals surface area contributed by atoms with Crippen molar-refractivity contribution in [1.82, 2.24) is 0 Å². The highest BCUT2D eigenvalue weighted by Gasteiger charge is 2.55. The smallest absolute Gasteiger partial charge is 0.260 e. The number of hydroxylamine groups is 1. The Bertz CT molecular complexity index is 1280. The summed E-state index contributed by atoms with van der Waals surface area (Å²) in [4.78, 5) is 16.1. The molecule has 0 fully saturated rings. The SMILES string of the molecule is COc1ccc(C[C@]2(N(O)c3ccccc3)C(=O)N(Cc3ccccc3)c3ccccc32)cc1. The van der Waals surface area contributed by atoms with E-state index in [-0.39, 0.29) is 5.91 Å². The molecule has 5 heteroatoms. The maximum Gasteiger partial charge on any atom is 0.260 e. The monoisotopic (exact) mass is 450 g/mol. The van der Waals surface area contributed by atoms with Gasteiger partial charge in [0, 0.05) is 12.0 Å². The molecule has 1 aliphatic rings. The number of rotatable bonds is 7. The Morgan fingerprint density at radius 1 is 0.794 bits per heavy atom. The van der Waals surface area contributed by atoms with Crippen molar-refractivity contribution in [3.05, 3.63) is 126 Å². The van der Waals surface area contributed by atoms with Crippen LogP contribution in [0.2, 0.25) is 0 Å². The van der Waals surface area contributed by atoms with Crippen molar-refractivity contribution in [1.29, 1.82) is 0 Å². The molecule has 4 aromatic carbocycles. The van der Waals surface area contributed by atoms with Gasteiger partial charge in [-0.3, -0.25) is 10.0 Å². The van der Waals surface area contributed by atoms with Gasteiger partial charge in [0.1, 0.15) is 5.75 Å². The first kappa shape index (κ1) is 21.7. The summed E-state index contributed by atoms with van der Waals surface area (Å²) in [5.41, 5.74) is 2.76. The number of nitrogens with zero attached hydrogens (tertiary/aromatic N) is 2. The fraction of sp³-hybridized carbons (Fsp3) is 0.138. The molecule has 1 atom stereocenters. The lowest BCUT2D eigenvalue weighted by Gasteiger charge is -2.37. The van der Waals surface area contributed by atoms with E-state index in [4.69, 9.17) is 4.74 Å². The molecule has 170 valence electrons. The molecule has 0 saturated heterocycles. The molecule has 34 heavy (non-hydrogen) atoms. The number of amides is 1. The summed E-state index contributed by atoms with van der Waals surface area (Å²) in [5.74, 6) is 0.574. The number of fused-ring (bicyclic) bond motifs is 1. The van der Waals surface area contributed by atoms with Gasteiger partial charge in [0.15, 0.2) is 5.54 Å². The number of carbonyl (C=O) groups excluding carboxylic acids is 1. The molecule has 0 aliphatic carbocycles. The molecular formula is C29H26N2O3. The third kappa shape index (κ3) is 3.70. The number of methoxy groups -OCH3 is 1. The summed E-state index contributed by atoms with van der Waals surface area (Å²) >= 11 is 0. The van der Waals surface area contributed by atoms with E-state index in [0.29, 0.717) is 18.7 Å². The van der Waals surface area contributed by atoms with Gasteiger partial charge in [0.05, 0.1) is 25.0 Å². The predicted octanol–water partition coefficient (Wildman–Crippen LogP) is 5.58. The Kier molecular flexibility index (Phi) is 5.78. The molecule has 0 aromatic heterocycles. The summed E-state index contributed by atoms with van der Waals surface area (Å²) < 4.78 is 5.31. The second-order valence-electron chi connectivity index (χ2n) is 8.43. The minimum atomic E-state index is -1.32. The van der Waals surface area contributed by atoms with Crippen LogP contribution in [-0.4, -0.2) is 18.2 Å². The predicted molar refractivity (Wildman–Crippen MR) is 133 cm³/mol. The van der Waals surface area contributed by atoms with Crippen LogP contribution in [0.4, 0.5) is 11.4 Å². The second-order valence-corrected chi connectivity index (χ2v) is 8.43. The first-order valence-electron chi connectivity index (χ1n) is 11.3. The summed E-state index contributed by atoms with van der Waals surface area (Å²) in [6.07, 6.45) is 0.295. The Morgan fingerprint density at radius 2 is 1.41 bits per heavy atom. The largest absolute Gasteiger partial charge is 0.497 e. The van der Waals surface area contributed by atoms with Crippen molar-refractivity contribution in [2.45, 2.75) is 18.5 Å². The Balaban J connectivity index is 1.65. The molecule has 0 saturated carbocycles. The third-order valence-electron chi connectivity index (χ3n) is 6.40. The molecule has 1 heterocycles. The van der Waals surface area contributed by atoms with Crippen molar-refractivity contribution in [3.63, 3.8) is 0 Å². The maximum atomic E-state index is 14.3. The van der Waals surface area contributed by atoms with E-state index in [9.17, 15) is 10.0 Å². The fourth-order valence-corrected chi connectivity index (χ4v) is 4.71. The van der Waals surface area contributed by atoms with Crippen LogP contribution in [0, 0.1) is 0 Å². The minimum absolute atomic E-state index is 0.167. The van der Waals surface area contributed by atoms with Gasteiger partial charge < -0.3 is 9.64 Å². The molecule has 1 N–H and O–H groups in total. The minimum Gasteiger partial charge on any atom is -0.497 e. The van der Waals surface area contributed by atoms with Crippen LogP contribution in [-0.2, 0) is 23.3 Å². The molecule has 1 aliphatic heterocycles. The topological polar surface area (TPSA) is 53.0 Å². The second kappa shape index (κ2) is 9.04. The van der Waals surface area contributed by atoms with E-state index in [2.05, 4.69) is 0 Å². The molecule has 0 radical (unpaired) electrons. The number of carbonyl (C=O) groups is 1. The van der Waals surface area contributed by atoms with E-state index < -0.39 is 5.54 Å². The Labute approximate surface area is 199 Å². The first-order chi connectivity index (χ1) is 16.6. The van der Waals surface area contributed by atoms with Crippen molar-refractivity contribution >= 4 is 17.3 Å². The fourth-order valence-electron chi connectivity index (χ4n) is 4.71. The summed E-state index contributed by atoms with van der Waals surface area (Å²) in [6.45, 7) is 0.420. The van der Waals surface area contributed by atoms with Gasteiger partial charge in [-0.2, -0.15) is 0 Å². The van der Waals surface area contributed by atoms with E-state index in [0.717, 1.165) is 33.2 Å². The van der Waals surface area contributed by atoms with Gasteiger partial charge in [0.25, 0.3) is 5.91 Å². The number of hydrogen-bond donors (Lipinski definition) is 1. The lowest BCUT2D eigenvalue weighted by molar-refractivity contribution is -0.125. The van der Waals surface area contributed by atoms with E-state index in [1.807, 2.05) is 109 Å². The van der Waals surface area contributed by atoms with Gasteiger partial charge in [-0.15, -0.1) is 0 Å². The van der Waals surface area contributed by atoms with Crippen molar-refractivity contribution in [2.24, 2.45) is 0 Å². The average Bonchev–Trinajstić information content (AvgIpc) is 3.13. The summed E-state index contributed by atoms with van der Waals surface area (Å²) in [5, 5.41) is 12.8. The van der Waals surface area contributed by atoms with Crippen LogP contribution in [0.3, 0.4) is 0 Å². The number of para-hydroxylation sites is 2. The average molecular weight is 451 g/mol. The number of ether oxygens (including phenoxy) is 1. The van der Waals surface area contributed by atoms with Crippen LogP contribution in [0.5, 0.6) is 5.75 Å². The lowest BCUT2D eigenvalue weighted by Crippen LogP contribution is -2.53. The molecule has 0 bridgehead atoms. The van der Waals surface area contributed by atoms with Crippen LogP contribution >= 0.6 is 0 Å². The van der Waals surface area contributed by atoms with Crippen LogP contribution in [0.25, 0.3) is 0 Å². The van der Waals surface area contributed by atoms with Crippen molar-refractivity contribution in [3.8, 4) is 5.75 Å². The summed E-state index contributed by atoms with van der Waals surface area (Å²) in [6, 6.07) is 34.5.